The summed E-state index contributed by atoms with van der Waals surface area (Å²) in [4.78, 5) is 10.9. The highest BCUT2D eigenvalue weighted by Crippen LogP contribution is 2.10. The molecular formula is C5H10N6O2. The van der Waals surface area contributed by atoms with Crippen LogP contribution in [0.2, 0.25) is 0 Å². The molecule has 0 aliphatic carbocycles. The van der Waals surface area contributed by atoms with Gasteiger partial charge in [-0.05, 0) is 0 Å². The minimum atomic E-state index is -0.0817. The molecule has 0 spiro atoms. The molecule has 0 saturated carbocycles. The van der Waals surface area contributed by atoms with Crippen LogP contribution in [0.15, 0.2) is 0 Å². The zero-order valence-electron chi connectivity index (χ0n) is 7.21. The Bertz CT molecular complexity index is 275. The largest absolute Gasteiger partial charge is 0.368 e. The van der Waals surface area contributed by atoms with Gasteiger partial charge in [-0.3, -0.25) is 10.4 Å². The fourth-order valence-corrected chi connectivity index (χ4v) is 0.659. The molecule has 8 heteroatoms. The zero-order valence-corrected chi connectivity index (χ0v) is 7.21. The average molecular weight is 186 g/mol. The maximum atomic E-state index is 8.98. The number of nitrogen functional groups attached to an aromatic ring is 1. The molecule has 1 aromatic heterocycles. The molecule has 0 unspecified atom stereocenters. The highest BCUT2D eigenvalue weighted by Gasteiger charge is 2.08. The molecule has 13 heavy (non-hydrogen) atoms. The van der Waals surface area contributed by atoms with Crippen LogP contribution in [-0.4, -0.2) is 39.5 Å². The number of hydroxylamine groups is 2. The Hall–Kier alpha value is -1.67. The van der Waals surface area contributed by atoms with Gasteiger partial charge in [0.1, 0.15) is 0 Å². The van der Waals surface area contributed by atoms with Crippen molar-refractivity contribution in [3.63, 3.8) is 0 Å². The lowest BCUT2D eigenvalue weighted by molar-refractivity contribution is 0.264. The van der Waals surface area contributed by atoms with E-state index in [1.165, 1.54) is 14.1 Å². The Kier molecular flexibility index (Phi) is 2.44. The molecule has 0 aromatic carbocycles. The second-order valence-corrected chi connectivity index (χ2v) is 2.34. The highest BCUT2D eigenvalue weighted by atomic mass is 16.5. The number of hydrogen-bond acceptors (Lipinski definition) is 8. The summed E-state index contributed by atoms with van der Waals surface area (Å²) >= 11 is 0. The van der Waals surface area contributed by atoms with Crippen molar-refractivity contribution >= 4 is 17.8 Å². The topological polar surface area (TPSA) is 112 Å². The second-order valence-electron chi connectivity index (χ2n) is 2.34. The molecule has 1 aromatic rings. The molecule has 72 valence electrons. The molecule has 0 aliphatic rings. The Morgan fingerprint density at radius 1 is 1.00 bits per heavy atom. The normalized spacial score (nSPS) is 9.85. The Morgan fingerprint density at radius 3 is 1.69 bits per heavy atom. The van der Waals surface area contributed by atoms with Crippen molar-refractivity contribution in [1.29, 1.82) is 0 Å². The van der Waals surface area contributed by atoms with Crippen molar-refractivity contribution in [3.05, 3.63) is 0 Å². The fourth-order valence-electron chi connectivity index (χ4n) is 0.659. The van der Waals surface area contributed by atoms with Gasteiger partial charge in [0.25, 0.3) is 11.9 Å². The van der Waals surface area contributed by atoms with Crippen molar-refractivity contribution in [2.45, 2.75) is 0 Å². The lowest BCUT2D eigenvalue weighted by Crippen LogP contribution is -2.20. The predicted molar refractivity (Wildman–Crippen MR) is 44.6 cm³/mol. The van der Waals surface area contributed by atoms with E-state index in [1.807, 2.05) is 0 Å². The molecule has 4 N–H and O–H groups in total. The summed E-state index contributed by atoms with van der Waals surface area (Å²) in [5.41, 5.74) is 5.30. The zero-order chi connectivity index (χ0) is 10.0. The second kappa shape index (κ2) is 3.37. The van der Waals surface area contributed by atoms with Gasteiger partial charge in [0.05, 0.1) is 0 Å². The van der Waals surface area contributed by atoms with Crippen LogP contribution in [0.5, 0.6) is 0 Å². The van der Waals surface area contributed by atoms with E-state index >= 15 is 0 Å². The lowest BCUT2D eigenvalue weighted by atomic mass is 10.8. The standard InChI is InChI=1S/C5H10N6O2/c1-10(12)4-7-3(6)8-5(9-4)11(2)13/h12-13H,1-2H3,(H2,6,7,8,9). The molecular weight excluding hydrogens is 176 g/mol. The summed E-state index contributed by atoms with van der Waals surface area (Å²) in [6.45, 7) is 0. The van der Waals surface area contributed by atoms with Crippen LogP contribution in [0, 0.1) is 0 Å². The number of rotatable bonds is 2. The first-order valence-corrected chi connectivity index (χ1v) is 3.37. The smallest absolute Gasteiger partial charge is 0.256 e. The van der Waals surface area contributed by atoms with E-state index in [1.54, 1.807) is 0 Å². The molecule has 8 nitrogen and oxygen atoms in total. The van der Waals surface area contributed by atoms with Crippen molar-refractivity contribution in [1.82, 2.24) is 15.0 Å². The Balaban J connectivity index is 3.11. The maximum Gasteiger partial charge on any atom is 0.256 e. The first-order valence-electron chi connectivity index (χ1n) is 3.37. The van der Waals surface area contributed by atoms with Gasteiger partial charge in [-0.1, -0.05) is 0 Å². The number of hydrogen-bond donors (Lipinski definition) is 3. The summed E-state index contributed by atoms with van der Waals surface area (Å²) in [5, 5.41) is 19.3. The summed E-state index contributed by atoms with van der Waals surface area (Å²) in [6, 6.07) is 0. The van der Waals surface area contributed by atoms with Gasteiger partial charge in [-0.25, -0.2) is 10.1 Å². The Morgan fingerprint density at radius 2 is 1.38 bits per heavy atom. The molecule has 0 amide bonds. The predicted octanol–water partition coefficient (Wildman–Crippen LogP) is -0.895. The summed E-state index contributed by atoms with van der Waals surface area (Å²) in [6.07, 6.45) is 0. The monoisotopic (exact) mass is 186 g/mol. The summed E-state index contributed by atoms with van der Waals surface area (Å²) < 4.78 is 0. The van der Waals surface area contributed by atoms with Crippen molar-refractivity contribution < 1.29 is 10.4 Å². The van der Waals surface area contributed by atoms with Crippen LogP contribution in [0.1, 0.15) is 0 Å². The van der Waals surface area contributed by atoms with E-state index in [0.29, 0.717) is 10.1 Å². The Labute approximate surface area is 74.2 Å². The number of nitrogens with zero attached hydrogens (tertiary/aromatic N) is 5. The highest BCUT2D eigenvalue weighted by molar-refractivity contribution is 5.39. The van der Waals surface area contributed by atoms with E-state index in [4.69, 9.17) is 16.1 Å². The SMILES string of the molecule is CN(O)c1nc(N)nc(N(C)O)n1. The first-order chi connectivity index (χ1) is 6.00. The van der Waals surface area contributed by atoms with E-state index in [2.05, 4.69) is 15.0 Å². The minimum absolute atomic E-state index is 0.0385. The first kappa shape index (κ1) is 9.42. The molecule has 1 rings (SSSR count). The summed E-state index contributed by atoms with van der Waals surface area (Å²) in [5.74, 6) is -0.159. The fraction of sp³-hybridized carbons (Fsp3) is 0.400. The maximum absolute atomic E-state index is 8.98. The number of anilines is 3. The van der Waals surface area contributed by atoms with Crippen LogP contribution < -0.4 is 15.9 Å². The molecule has 0 atom stereocenters. The van der Waals surface area contributed by atoms with E-state index in [-0.39, 0.29) is 17.8 Å². The molecule has 0 saturated heterocycles. The minimum Gasteiger partial charge on any atom is -0.368 e. The van der Waals surface area contributed by atoms with Gasteiger partial charge in [-0.2, -0.15) is 15.0 Å². The van der Waals surface area contributed by atoms with Crippen LogP contribution in [0.25, 0.3) is 0 Å². The van der Waals surface area contributed by atoms with Crippen molar-refractivity contribution in [3.8, 4) is 0 Å². The van der Waals surface area contributed by atoms with Crippen molar-refractivity contribution in [2.24, 2.45) is 0 Å². The lowest BCUT2D eigenvalue weighted by Gasteiger charge is -2.12. The van der Waals surface area contributed by atoms with Crippen LogP contribution in [0.3, 0.4) is 0 Å². The van der Waals surface area contributed by atoms with E-state index in [0.717, 1.165) is 0 Å². The van der Waals surface area contributed by atoms with Crippen molar-refractivity contribution in [2.75, 3.05) is 30.0 Å². The van der Waals surface area contributed by atoms with Gasteiger partial charge in [0.2, 0.25) is 5.95 Å². The average Bonchev–Trinajstić information content (AvgIpc) is 2.03. The molecule has 0 aliphatic heterocycles. The molecule has 0 radical (unpaired) electrons. The third-order valence-electron chi connectivity index (χ3n) is 1.21. The third kappa shape index (κ3) is 2.13. The van der Waals surface area contributed by atoms with Crippen LogP contribution in [-0.2, 0) is 0 Å². The van der Waals surface area contributed by atoms with Gasteiger partial charge in [0.15, 0.2) is 0 Å². The molecule has 0 bridgehead atoms. The van der Waals surface area contributed by atoms with Crippen LogP contribution in [0.4, 0.5) is 17.8 Å². The van der Waals surface area contributed by atoms with Gasteiger partial charge < -0.3 is 5.73 Å². The van der Waals surface area contributed by atoms with E-state index < -0.39 is 0 Å². The van der Waals surface area contributed by atoms with Gasteiger partial charge in [-0.15, -0.1) is 0 Å². The van der Waals surface area contributed by atoms with Gasteiger partial charge in [0, 0.05) is 14.1 Å². The molecule has 0 fully saturated rings. The number of nitrogens with two attached hydrogens (primary N) is 1. The van der Waals surface area contributed by atoms with Gasteiger partial charge >= 0.3 is 0 Å². The van der Waals surface area contributed by atoms with Crippen LogP contribution >= 0.6 is 0 Å². The third-order valence-corrected chi connectivity index (χ3v) is 1.21. The quantitative estimate of drug-likeness (QED) is 0.510. The summed E-state index contributed by atoms with van der Waals surface area (Å²) in [7, 11) is 2.66. The molecule has 1 heterocycles. The van der Waals surface area contributed by atoms with E-state index in [9.17, 15) is 0 Å². The number of aromatic nitrogens is 3.